The van der Waals surface area contributed by atoms with Crippen LogP contribution in [-0.4, -0.2) is 42.5 Å². The molecule has 0 saturated heterocycles. The van der Waals surface area contributed by atoms with E-state index in [0.717, 1.165) is 44.1 Å². The van der Waals surface area contributed by atoms with E-state index in [1.165, 1.54) is 4.88 Å². The van der Waals surface area contributed by atoms with Crippen molar-refractivity contribution >= 4 is 17.3 Å². The number of nitrogens with one attached hydrogen (secondary N) is 1. The van der Waals surface area contributed by atoms with Gasteiger partial charge in [-0.1, -0.05) is 12.1 Å². The normalized spacial score (nSPS) is 11.5. The van der Waals surface area contributed by atoms with Crippen LogP contribution >= 0.6 is 11.3 Å². The number of hydrogen-bond acceptors (Lipinski definition) is 3. The molecule has 2 aromatic rings. The lowest BCUT2D eigenvalue weighted by molar-refractivity contribution is 0.487. The summed E-state index contributed by atoms with van der Waals surface area (Å²) >= 11 is 1.81. The molecule has 2 heterocycles. The van der Waals surface area contributed by atoms with Crippen molar-refractivity contribution in [3.8, 4) is 0 Å². The van der Waals surface area contributed by atoms with E-state index < -0.39 is 0 Å². The van der Waals surface area contributed by atoms with Crippen LogP contribution in [0, 0.1) is 0 Å². The fourth-order valence-corrected chi connectivity index (χ4v) is 2.83. The Morgan fingerprint density at radius 1 is 1.27 bits per heavy atom. The van der Waals surface area contributed by atoms with Gasteiger partial charge < -0.3 is 10.2 Å². The number of pyridine rings is 1. The fraction of sp³-hybridized carbons (Fsp3) is 0.412. The summed E-state index contributed by atoms with van der Waals surface area (Å²) in [6.07, 6.45) is 3.75. The van der Waals surface area contributed by atoms with Gasteiger partial charge in [0.15, 0.2) is 5.96 Å². The lowest BCUT2D eigenvalue weighted by Crippen LogP contribution is -2.40. The van der Waals surface area contributed by atoms with Gasteiger partial charge in [-0.05, 0) is 36.9 Å². The van der Waals surface area contributed by atoms with Gasteiger partial charge in [0.25, 0.3) is 0 Å². The number of nitrogens with zero attached hydrogens (tertiary/aromatic N) is 3. The molecule has 0 fully saturated rings. The maximum absolute atomic E-state index is 4.70. The molecule has 0 bridgehead atoms. The zero-order valence-corrected chi connectivity index (χ0v) is 14.1. The van der Waals surface area contributed by atoms with Crippen molar-refractivity contribution in [2.45, 2.75) is 19.8 Å². The van der Waals surface area contributed by atoms with Crippen LogP contribution in [0.2, 0.25) is 0 Å². The lowest BCUT2D eigenvalue weighted by atomic mass is 10.3. The van der Waals surface area contributed by atoms with Crippen LogP contribution in [0.4, 0.5) is 0 Å². The largest absolute Gasteiger partial charge is 0.357 e. The Hall–Kier alpha value is -1.88. The van der Waals surface area contributed by atoms with Gasteiger partial charge in [-0.15, -0.1) is 11.3 Å². The van der Waals surface area contributed by atoms with E-state index >= 15 is 0 Å². The highest BCUT2D eigenvalue weighted by atomic mass is 32.1. The number of likely N-dealkylation sites (N-methyl/N-ethyl adjacent to an activating group) is 1. The topological polar surface area (TPSA) is 40.5 Å². The van der Waals surface area contributed by atoms with Gasteiger partial charge in [-0.25, -0.2) is 0 Å². The van der Waals surface area contributed by atoms with Crippen LogP contribution < -0.4 is 5.32 Å². The predicted octanol–water partition coefficient (Wildman–Crippen LogP) is 2.83. The SMILES string of the molecule is CCNC(=NCCc1ccccn1)N(C)CCc1cccs1. The summed E-state index contributed by atoms with van der Waals surface area (Å²) in [6, 6.07) is 10.3. The summed E-state index contributed by atoms with van der Waals surface area (Å²) in [7, 11) is 2.09. The predicted molar refractivity (Wildman–Crippen MR) is 94.6 cm³/mol. The summed E-state index contributed by atoms with van der Waals surface area (Å²) in [4.78, 5) is 12.6. The number of hydrogen-bond donors (Lipinski definition) is 1. The zero-order valence-electron chi connectivity index (χ0n) is 13.3. The number of guanidine groups is 1. The van der Waals surface area contributed by atoms with Crippen LogP contribution in [0.5, 0.6) is 0 Å². The molecular formula is C17H24N4S. The quantitative estimate of drug-likeness (QED) is 0.631. The maximum atomic E-state index is 4.70. The summed E-state index contributed by atoms with van der Waals surface area (Å²) in [5.41, 5.74) is 1.09. The minimum Gasteiger partial charge on any atom is -0.357 e. The van der Waals surface area contributed by atoms with Crippen molar-refractivity contribution < 1.29 is 0 Å². The number of aromatic nitrogens is 1. The van der Waals surface area contributed by atoms with Crippen LogP contribution in [0.15, 0.2) is 46.9 Å². The summed E-state index contributed by atoms with van der Waals surface area (Å²) in [5, 5.41) is 5.48. The molecule has 0 unspecified atom stereocenters. The second kappa shape index (κ2) is 9.20. The van der Waals surface area contributed by atoms with E-state index in [-0.39, 0.29) is 0 Å². The number of rotatable bonds is 7. The van der Waals surface area contributed by atoms with Gasteiger partial charge in [-0.2, -0.15) is 0 Å². The zero-order chi connectivity index (χ0) is 15.6. The van der Waals surface area contributed by atoms with E-state index in [1.807, 2.05) is 35.7 Å². The Kier molecular flexibility index (Phi) is 6.90. The molecule has 1 N–H and O–H groups in total. The first-order valence-electron chi connectivity index (χ1n) is 7.71. The van der Waals surface area contributed by atoms with E-state index in [4.69, 9.17) is 4.99 Å². The molecule has 0 spiro atoms. The second-order valence-electron chi connectivity index (χ2n) is 5.06. The molecule has 0 radical (unpaired) electrons. The average molecular weight is 316 g/mol. The number of aliphatic imine (C=N–C) groups is 1. The first kappa shape index (κ1) is 16.5. The minimum atomic E-state index is 0.753. The highest BCUT2D eigenvalue weighted by molar-refractivity contribution is 7.09. The molecule has 22 heavy (non-hydrogen) atoms. The Morgan fingerprint density at radius 2 is 2.18 bits per heavy atom. The van der Waals surface area contributed by atoms with Crippen molar-refractivity contribution in [1.29, 1.82) is 0 Å². The molecule has 5 heteroatoms. The third kappa shape index (κ3) is 5.48. The van der Waals surface area contributed by atoms with E-state index in [0.29, 0.717) is 0 Å². The maximum Gasteiger partial charge on any atom is 0.193 e. The van der Waals surface area contributed by atoms with Gasteiger partial charge >= 0.3 is 0 Å². The Labute approximate surface area is 136 Å². The lowest BCUT2D eigenvalue weighted by Gasteiger charge is -2.21. The Morgan fingerprint density at radius 3 is 2.86 bits per heavy atom. The smallest absolute Gasteiger partial charge is 0.193 e. The third-order valence-electron chi connectivity index (χ3n) is 3.33. The fourth-order valence-electron chi connectivity index (χ4n) is 2.13. The van der Waals surface area contributed by atoms with Crippen LogP contribution in [0.25, 0.3) is 0 Å². The van der Waals surface area contributed by atoms with Gasteiger partial charge in [0, 0.05) is 49.9 Å². The molecule has 4 nitrogen and oxygen atoms in total. The number of thiophene rings is 1. The summed E-state index contributed by atoms with van der Waals surface area (Å²) in [5.74, 6) is 0.968. The van der Waals surface area contributed by atoms with Crippen molar-refractivity contribution in [2.75, 3.05) is 26.7 Å². The molecule has 0 amide bonds. The van der Waals surface area contributed by atoms with E-state index in [9.17, 15) is 0 Å². The molecule has 0 aliphatic rings. The van der Waals surface area contributed by atoms with Gasteiger partial charge in [0.05, 0.1) is 0 Å². The molecule has 2 rings (SSSR count). The monoisotopic (exact) mass is 316 g/mol. The summed E-state index contributed by atoms with van der Waals surface area (Å²) < 4.78 is 0. The van der Waals surface area contributed by atoms with Gasteiger partial charge in [-0.3, -0.25) is 9.98 Å². The van der Waals surface area contributed by atoms with Gasteiger partial charge in [0.2, 0.25) is 0 Å². The summed E-state index contributed by atoms with van der Waals surface area (Å²) in [6.45, 7) is 4.70. The van der Waals surface area contributed by atoms with Crippen LogP contribution in [0.1, 0.15) is 17.5 Å². The van der Waals surface area contributed by atoms with E-state index in [2.05, 4.69) is 46.7 Å². The molecule has 0 saturated carbocycles. The van der Waals surface area contributed by atoms with Crippen molar-refractivity contribution in [3.05, 3.63) is 52.5 Å². The highest BCUT2D eigenvalue weighted by Gasteiger charge is 2.06. The standard InChI is InChI=1S/C17H24N4S/c1-3-18-17(20-12-9-15-7-4-5-11-19-15)21(2)13-10-16-8-6-14-22-16/h4-8,11,14H,3,9-10,12-13H2,1-2H3,(H,18,20). The Bertz CT molecular complexity index is 551. The Balaban J connectivity index is 1.85. The third-order valence-corrected chi connectivity index (χ3v) is 4.26. The second-order valence-corrected chi connectivity index (χ2v) is 6.09. The molecule has 0 aliphatic carbocycles. The average Bonchev–Trinajstić information content (AvgIpc) is 3.06. The van der Waals surface area contributed by atoms with Crippen molar-refractivity contribution in [2.24, 2.45) is 4.99 Å². The molecule has 118 valence electrons. The van der Waals surface area contributed by atoms with Crippen molar-refractivity contribution in [3.63, 3.8) is 0 Å². The van der Waals surface area contributed by atoms with Gasteiger partial charge in [0.1, 0.15) is 0 Å². The molecule has 0 aromatic carbocycles. The molecule has 0 atom stereocenters. The molecular weight excluding hydrogens is 292 g/mol. The van der Waals surface area contributed by atoms with Crippen LogP contribution in [0.3, 0.4) is 0 Å². The first-order chi connectivity index (χ1) is 10.8. The molecule has 2 aromatic heterocycles. The van der Waals surface area contributed by atoms with Crippen molar-refractivity contribution in [1.82, 2.24) is 15.2 Å². The minimum absolute atomic E-state index is 0.753. The first-order valence-corrected chi connectivity index (χ1v) is 8.59. The highest BCUT2D eigenvalue weighted by Crippen LogP contribution is 2.09. The molecule has 0 aliphatic heterocycles. The van der Waals surface area contributed by atoms with Crippen LogP contribution in [-0.2, 0) is 12.8 Å². The van der Waals surface area contributed by atoms with E-state index in [1.54, 1.807) is 0 Å².